The molecule has 0 rings (SSSR count). The van der Waals surface area contributed by atoms with Crippen molar-refractivity contribution < 1.29 is 14.6 Å². The third-order valence-electron chi connectivity index (χ3n) is 1.35. The first-order chi connectivity index (χ1) is 4.63. The molecule has 0 amide bonds. The quantitative estimate of drug-likeness (QED) is 0.602. The van der Waals surface area contributed by atoms with E-state index in [1.807, 2.05) is 0 Å². The Balaban J connectivity index is 4.23. The fraction of sp³-hybridized carbons (Fsp3) is 0.571. The van der Waals surface area contributed by atoms with Crippen molar-refractivity contribution in [3.05, 3.63) is 11.6 Å². The first-order valence-electron chi connectivity index (χ1n) is 3.05. The van der Waals surface area contributed by atoms with Crippen LogP contribution in [0.3, 0.4) is 0 Å². The monoisotopic (exact) mass is 144 g/mol. The van der Waals surface area contributed by atoms with Gasteiger partial charge in [-0.2, -0.15) is 0 Å². The third kappa shape index (κ3) is 2.19. The summed E-state index contributed by atoms with van der Waals surface area (Å²) in [6.07, 6.45) is 1.21. The summed E-state index contributed by atoms with van der Waals surface area (Å²) in [5, 5.41) is 8.53. The largest absolute Gasteiger partial charge is 0.478 e. The van der Waals surface area contributed by atoms with Crippen LogP contribution in [0.5, 0.6) is 0 Å². The number of methoxy groups -OCH3 is 1. The minimum atomic E-state index is -0.920. The maximum Gasteiger partial charge on any atom is 0.333 e. The fourth-order valence-corrected chi connectivity index (χ4v) is 0.659. The lowest BCUT2D eigenvalue weighted by molar-refractivity contribution is -0.133. The molecule has 0 aliphatic rings. The van der Waals surface area contributed by atoms with E-state index >= 15 is 0 Å². The van der Waals surface area contributed by atoms with Crippen molar-refractivity contribution in [3.8, 4) is 0 Å². The van der Waals surface area contributed by atoms with Gasteiger partial charge in [0.05, 0.1) is 11.7 Å². The van der Waals surface area contributed by atoms with E-state index in [-0.39, 0.29) is 6.10 Å². The molecule has 58 valence electrons. The lowest BCUT2D eigenvalue weighted by atomic mass is 10.1. The molecule has 0 radical (unpaired) electrons. The molecule has 3 heteroatoms. The van der Waals surface area contributed by atoms with Crippen molar-refractivity contribution in [3.63, 3.8) is 0 Å². The Bertz CT molecular complexity index is 149. The van der Waals surface area contributed by atoms with Gasteiger partial charge in [-0.3, -0.25) is 0 Å². The molecule has 0 aromatic heterocycles. The zero-order valence-electron chi connectivity index (χ0n) is 6.42. The van der Waals surface area contributed by atoms with Crippen molar-refractivity contribution in [2.45, 2.75) is 20.0 Å². The van der Waals surface area contributed by atoms with Crippen LogP contribution >= 0.6 is 0 Å². The lowest BCUT2D eigenvalue weighted by Gasteiger charge is -2.08. The molecular formula is C7H12O3. The highest BCUT2D eigenvalue weighted by atomic mass is 16.5. The molecule has 0 aliphatic heterocycles. The van der Waals surface area contributed by atoms with E-state index in [1.165, 1.54) is 13.2 Å². The summed E-state index contributed by atoms with van der Waals surface area (Å²) >= 11 is 0. The molecule has 0 aromatic rings. The topological polar surface area (TPSA) is 46.5 Å². The van der Waals surface area contributed by atoms with Crippen LogP contribution in [0.4, 0.5) is 0 Å². The predicted octanol–water partition coefficient (Wildman–Crippen LogP) is 1.05. The van der Waals surface area contributed by atoms with Crippen LogP contribution in [-0.4, -0.2) is 24.3 Å². The molecule has 0 aromatic carbocycles. The molecule has 0 spiro atoms. The van der Waals surface area contributed by atoms with Gasteiger partial charge in [0.1, 0.15) is 0 Å². The summed E-state index contributed by atoms with van der Waals surface area (Å²) in [5.74, 6) is -0.920. The molecule has 0 fully saturated rings. The highest BCUT2D eigenvalue weighted by molar-refractivity contribution is 5.87. The van der Waals surface area contributed by atoms with Crippen LogP contribution in [0.2, 0.25) is 0 Å². The van der Waals surface area contributed by atoms with Crippen LogP contribution in [0.25, 0.3) is 0 Å². The molecule has 0 saturated heterocycles. The van der Waals surface area contributed by atoms with Gasteiger partial charge in [0.15, 0.2) is 0 Å². The first kappa shape index (κ1) is 9.17. The first-order valence-corrected chi connectivity index (χ1v) is 3.05. The third-order valence-corrected chi connectivity index (χ3v) is 1.35. The maximum atomic E-state index is 10.4. The highest BCUT2D eigenvalue weighted by Crippen LogP contribution is 2.04. The van der Waals surface area contributed by atoms with E-state index in [1.54, 1.807) is 13.8 Å². The molecule has 0 aliphatic carbocycles. The smallest absolute Gasteiger partial charge is 0.333 e. The van der Waals surface area contributed by atoms with Crippen molar-refractivity contribution in [1.82, 2.24) is 0 Å². The number of carboxylic acid groups (broad SMARTS) is 1. The number of ether oxygens (including phenoxy) is 1. The van der Waals surface area contributed by atoms with Crippen molar-refractivity contribution in [2.75, 3.05) is 7.11 Å². The molecular weight excluding hydrogens is 132 g/mol. The summed E-state index contributed by atoms with van der Waals surface area (Å²) in [6.45, 7) is 3.38. The fourth-order valence-electron chi connectivity index (χ4n) is 0.659. The standard InChI is InChI=1S/C7H12O3/c1-4-6(7(8)9)5(2)10-3/h4-5H,1-3H3,(H,8,9)/b6-4-. The van der Waals surface area contributed by atoms with Crippen molar-refractivity contribution in [2.24, 2.45) is 0 Å². The molecule has 1 N–H and O–H groups in total. The molecule has 0 bridgehead atoms. The summed E-state index contributed by atoms with van der Waals surface area (Å²) in [7, 11) is 1.48. The average Bonchev–Trinajstić information content (AvgIpc) is 1.88. The van der Waals surface area contributed by atoms with Crippen LogP contribution < -0.4 is 0 Å². The zero-order valence-corrected chi connectivity index (χ0v) is 6.42. The molecule has 0 heterocycles. The second kappa shape index (κ2) is 4.06. The molecule has 3 nitrogen and oxygen atoms in total. The average molecular weight is 144 g/mol. The second-order valence-corrected chi connectivity index (χ2v) is 1.93. The van der Waals surface area contributed by atoms with Crippen LogP contribution in [-0.2, 0) is 9.53 Å². The lowest BCUT2D eigenvalue weighted by Crippen LogP contribution is -2.16. The number of carbonyl (C=O) groups is 1. The molecule has 1 unspecified atom stereocenters. The zero-order chi connectivity index (χ0) is 8.15. The van der Waals surface area contributed by atoms with E-state index in [0.717, 1.165) is 0 Å². The Morgan fingerprint density at radius 2 is 2.20 bits per heavy atom. The van der Waals surface area contributed by atoms with Gasteiger partial charge in [-0.05, 0) is 13.8 Å². The van der Waals surface area contributed by atoms with Gasteiger partial charge in [-0.1, -0.05) is 6.08 Å². The minimum absolute atomic E-state index is 0.294. The van der Waals surface area contributed by atoms with Crippen molar-refractivity contribution in [1.29, 1.82) is 0 Å². The number of carboxylic acids is 1. The van der Waals surface area contributed by atoms with Crippen LogP contribution in [0.1, 0.15) is 13.8 Å². The number of hydrogen-bond acceptors (Lipinski definition) is 2. The van der Waals surface area contributed by atoms with Gasteiger partial charge in [-0.15, -0.1) is 0 Å². The summed E-state index contributed by atoms with van der Waals surface area (Å²) < 4.78 is 4.82. The van der Waals surface area contributed by atoms with Crippen LogP contribution in [0, 0.1) is 0 Å². The minimum Gasteiger partial charge on any atom is -0.478 e. The van der Waals surface area contributed by atoms with Crippen LogP contribution in [0.15, 0.2) is 11.6 Å². The van der Waals surface area contributed by atoms with Gasteiger partial charge in [0, 0.05) is 7.11 Å². The molecule has 0 saturated carbocycles. The SMILES string of the molecule is C/C=C(\C(=O)O)C(C)OC. The van der Waals surface area contributed by atoms with Crippen molar-refractivity contribution >= 4 is 5.97 Å². The second-order valence-electron chi connectivity index (χ2n) is 1.93. The Morgan fingerprint density at radius 1 is 1.70 bits per heavy atom. The number of rotatable bonds is 3. The van der Waals surface area contributed by atoms with Gasteiger partial charge in [0.2, 0.25) is 0 Å². The molecule has 10 heavy (non-hydrogen) atoms. The Kier molecular flexibility index (Phi) is 3.72. The van der Waals surface area contributed by atoms with E-state index in [4.69, 9.17) is 9.84 Å². The van der Waals surface area contributed by atoms with Gasteiger partial charge in [0.25, 0.3) is 0 Å². The van der Waals surface area contributed by atoms with E-state index < -0.39 is 5.97 Å². The number of allylic oxidation sites excluding steroid dienone is 1. The summed E-state index contributed by atoms with van der Waals surface area (Å²) in [5.41, 5.74) is 0.294. The summed E-state index contributed by atoms with van der Waals surface area (Å²) in [4.78, 5) is 10.4. The van der Waals surface area contributed by atoms with E-state index in [9.17, 15) is 4.79 Å². The van der Waals surface area contributed by atoms with E-state index in [2.05, 4.69) is 0 Å². The predicted molar refractivity (Wildman–Crippen MR) is 37.9 cm³/mol. The van der Waals surface area contributed by atoms with Gasteiger partial charge < -0.3 is 9.84 Å². The number of hydrogen-bond donors (Lipinski definition) is 1. The Hall–Kier alpha value is -0.830. The van der Waals surface area contributed by atoms with E-state index in [0.29, 0.717) is 5.57 Å². The maximum absolute atomic E-state index is 10.4. The van der Waals surface area contributed by atoms with Gasteiger partial charge >= 0.3 is 5.97 Å². The normalized spacial score (nSPS) is 14.9. The summed E-state index contributed by atoms with van der Waals surface area (Å²) in [6, 6.07) is 0. The Labute approximate surface area is 60.3 Å². The highest BCUT2D eigenvalue weighted by Gasteiger charge is 2.12. The Morgan fingerprint density at radius 3 is 2.30 bits per heavy atom. The van der Waals surface area contributed by atoms with Gasteiger partial charge in [-0.25, -0.2) is 4.79 Å². The molecule has 1 atom stereocenters. The number of aliphatic carboxylic acids is 1.